The van der Waals surface area contributed by atoms with Crippen molar-refractivity contribution in [2.75, 3.05) is 0 Å². The normalized spacial score (nSPS) is 13.8. The molecule has 20 heavy (non-hydrogen) atoms. The van der Waals surface area contributed by atoms with Crippen LogP contribution in [0.25, 0.3) is 0 Å². The van der Waals surface area contributed by atoms with Crippen molar-refractivity contribution in [2.24, 2.45) is 0 Å². The Morgan fingerprint density at radius 1 is 0.900 bits per heavy atom. The minimum absolute atomic E-state index is 0.242. The maximum Gasteiger partial charge on any atom is 0.261 e. The first-order valence-corrected chi connectivity index (χ1v) is 7.55. The van der Waals surface area contributed by atoms with E-state index in [0.717, 1.165) is 14.5 Å². The van der Waals surface area contributed by atoms with E-state index in [2.05, 4.69) is 31.9 Å². The molecule has 0 unspecified atom stereocenters. The fourth-order valence-corrected chi connectivity index (χ4v) is 2.97. The molecule has 2 aromatic carbocycles. The number of hydrogen-bond acceptors (Lipinski definition) is 2. The molecule has 0 spiro atoms. The zero-order valence-corrected chi connectivity index (χ0v) is 13.4. The van der Waals surface area contributed by atoms with Gasteiger partial charge in [-0.05, 0) is 29.8 Å². The molecular weight excluding hydrogens is 386 g/mol. The number of hydrogen-bond donors (Lipinski definition) is 0. The van der Waals surface area contributed by atoms with Gasteiger partial charge >= 0.3 is 0 Å². The minimum atomic E-state index is -0.248. The molecule has 3 nitrogen and oxygen atoms in total. The molecule has 0 radical (unpaired) electrons. The van der Waals surface area contributed by atoms with Crippen molar-refractivity contribution >= 4 is 43.7 Å². The summed E-state index contributed by atoms with van der Waals surface area (Å²) >= 11 is 6.75. The lowest BCUT2D eigenvalue weighted by Gasteiger charge is -2.14. The van der Waals surface area contributed by atoms with Crippen LogP contribution in [0.5, 0.6) is 0 Å². The molecule has 0 N–H and O–H groups in total. The Bertz CT molecular complexity index is 728. The molecule has 2 aromatic rings. The largest absolute Gasteiger partial charge is 0.270 e. The van der Waals surface area contributed by atoms with E-state index < -0.39 is 0 Å². The van der Waals surface area contributed by atoms with Gasteiger partial charge in [-0.1, -0.05) is 50.1 Å². The van der Waals surface area contributed by atoms with Gasteiger partial charge in [0.1, 0.15) is 0 Å². The number of carbonyl (C=O) groups excluding carboxylic acids is 2. The standard InChI is InChI=1S/C15H9Br2NO2/c16-10-5-6-11-12(7-10)15(20)18(14(11)19)8-9-3-1-2-4-13(9)17/h1-7H,8H2. The Morgan fingerprint density at radius 2 is 1.60 bits per heavy atom. The first-order valence-electron chi connectivity index (χ1n) is 5.97. The van der Waals surface area contributed by atoms with E-state index in [0.29, 0.717) is 11.1 Å². The predicted octanol–water partition coefficient (Wildman–Crippen LogP) is 4.01. The molecule has 0 atom stereocenters. The third kappa shape index (κ3) is 2.21. The molecule has 0 fully saturated rings. The number of benzene rings is 2. The molecule has 3 rings (SSSR count). The number of halogens is 2. The summed E-state index contributed by atoms with van der Waals surface area (Å²) in [5, 5.41) is 0. The average molecular weight is 395 g/mol. The zero-order valence-electron chi connectivity index (χ0n) is 10.3. The second-order valence-electron chi connectivity index (χ2n) is 4.48. The zero-order chi connectivity index (χ0) is 14.3. The quantitative estimate of drug-likeness (QED) is 0.721. The van der Waals surface area contributed by atoms with Gasteiger partial charge in [-0.3, -0.25) is 14.5 Å². The third-order valence-electron chi connectivity index (χ3n) is 3.22. The van der Waals surface area contributed by atoms with E-state index in [-0.39, 0.29) is 18.4 Å². The monoisotopic (exact) mass is 393 g/mol. The van der Waals surface area contributed by atoms with Crippen LogP contribution in [0.1, 0.15) is 26.3 Å². The molecule has 1 aliphatic rings. The number of imide groups is 1. The SMILES string of the molecule is O=C1c2ccc(Br)cc2C(=O)N1Cc1ccccc1Br. The first kappa shape index (κ1) is 13.5. The van der Waals surface area contributed by atoms with Crippen molar-refractivity contribution in [3.8, 4) is 0 Å². The van der Waals surface area contributed by atoms with Crippen molar-refractivity contribution in [3.05, 3.63) is 68.1 Å². The van der Waals surface area contributed by atoms with Gasteiger partial charge in [-0.2, -0.15) is 0 Å². The van der Waals surface area contributed by atoms with Gasteiger partial charge in [0.25, 0.3) is 11.8 Å². The highest BCUT2D eigenvalue weighted by Gasteiger charge is 2.35. The van der Waals surface area contributed by atoms with Crippen LogP contribution < -0.4 is 0 Å². The fourth-order valence-electron chi connectivity index (χ4n) is 2.20. The van der Waals surface area contributed by atoms with Gasteiger partial charge in [-0.15, -0.1) is 0 Å². The van der Waals surface area contributed by atoms with Gasteiger partial charge in [-0.25, -0.2) is 0 Å². The summed E-state index contributed by atoms with van der Waals surface area (Å²) in [5.74, 6) is -0.490. The Kier molecular flexibility index (Phi) is 3.48. The molecular formula is C15H9Br2NO2. The van der Waals surface area contributed by atoms with Crippen LogP contribution in [-0.4, -0.2) is 16.7 Å². The molecule has 0 aromatic heterocycles. The summed E-state index contributed by atoms with van der Waals surface area (Å²) in [5.41, 5.74) is 1.82. The number of fused-ring (bicyclic) bond motifs is 1. The summed E-state index contributed by atoms with van der Waals surface area (Å²) in [6.45, 7) is 0.269. The maximum absolute atomic E-state index is 12.3. The maximum atomic E-state index is 12.3. The van der Waals surface area contributed by atoms with Crippen molar-refractivity contribution in [1.82, 2.24) is 4.90 Å². The molecule has 0 aliphatic carbocycles. The van der Waals surface area contributed by atoms with Crippen LogP contribution in [0.3, 0.4) is 0 Å². The molecule has 5 heteroatoms. The molecule has 0 bridgehead atoms. The third-order valence-corrected chi connectivity index (χ3v) is 4.49. The predicted molar refractivity (Wildman–Crippen MR) is 82.5 cm³/mol. The molecule has 100 valence electrons. The van der Waals surface area contributed by atoms with Crippen LogP contribution in [-0.2, 0) is 6.54 Å². The number of carbonyl (C=O) groups is 2. The Morgan fingerprint density at radius 3 is 2.35 bits per heavy atom. The number of nitrogens with zero attached hydrogens (tertiary/aromatic N) is 1. The van der Waals surface area contributed by atoms with Crippen molar-refractivity contribution in [3.63, 3.8) is 0 Å². The lowest BCUT2D eigenvalue weighted by atomic mass is 10.1. The smallest absolute Gasteiger partial charge is 0.261 e. The van der Waals surface area contributed by atoms with Crippen LogP contribution >= 0.6 is 31.9 Å². The number of rotatable bonds is 2. The minimum Gasteiger partial charge on any atom is -0.270 e. The van der Waals surface area contributed by atoms with E-state index in [1.165, 1.54) is 4.90 Å². The topological polar surface area (TPSA) is 37.4 Å². The van der Waals surface area contributed by atoms with Crippen LogP contribution in [0.4, 0.5) is 0 Å². The lowest BCUT2D eigenvalue weighted by molar-refractivity contribution is 0.0642. The Labute approximate surface area is 132 Å². The van der Waals surface area contributed by atoms with Crippen LogP contribution in [0.2, 0.25) is 0 Å². The molecule has 0 saturated heterocycles. The fraction of sp³-hybridized carbons (Fsp3) is 0.0667. The van der Waals surface area contributed by atoms with E-state index in [9.17, 15) is 9.59 Å². The van der Waals surface area contributed by atoms with E-state index in [1.54, 1.807) is 18.2 Å². The van der Waals surface area contributed by atoms with Crippen molar-refractivity contribution < 1.29 is 9.59 Å². The van der Waals surface area contributed by atoms with Gasteiger partial charge in [0.15, 0.2) is 0 Å². The van der Waals surface area contributed by atoms with Gasteiger partial charge < -0.3 is 0 Å². The van der Waals surface area contributed by atoms with E-state index in [4.69, 9.17) is 0 Å². The molecule has 2 amide bonds. The molecule has 1 aliphatic heterocycles. The Hall–Kier alpha value is -1.46. The van der Waals surface area contributed by atoms with Crippen LogP contribution in [0.15, 0.2) is 51.4 Å². The first-order chi connectivity index (χ1) is 9.58. The second kappa shape index (κ2) is 5.14. The van der Waals surface area contributed by atoms with Crippen molar-refractivity contribution in [1.29, 1.82) is 0 Å². The highest BCUT2D eigenvalue weighted by Crippen LogP contribution is 2.28. The van der Waals surface area contributed by atoms with Crippen molar-refractivity contribution in [2.45, 2.75) is 6.54 Å². The van der Waals surface area contributed by atoms with E-state index in [1.807, 2.05) is 24.3 Å². The summed E-state index contributed by atoms with van der Waals surface area (Å²) in [6, 6.07) is 12.7. The molecule has 0 saturated carbocycles. The highest BCUT2D eigenvalue weighted by atomic mass is 79.9. The summed E-state index contributed by atoms with van der Waals surface area (Å²) < 4.78 is 1.68. The number of amides is 2. The van der Waals surface area contributed by atoms with Gasteiger partial charge in [0.05, 0.1) is 17.7 Å². The highest BCUT2D eigenvalue weighted by molar-refractivity contribution is 9.10. The average Bonchev–Trinajstić information content (AvgIpc) is 2.66. The summed E-state index contributed by atoms with van der Waals surface area (Å²) in [6.07, 6.45) is 0. The Balaban J connectivity index is 1.96. The van der Waals surface area contributed by atoms with Gasteiger partial charge in [0, 0.05) is 8.95 Å². The lowest BCUT2D eigenvalue weighted by Crippen LogP contribution is -2.29. The van der Waals surface area contributed by atoms with E-state index >= 15 is 0 Å². The second-order valence-corrected chi connectivity index (χ2v) is 6.25. The summed E-state index contributed by atoms with van der Waals surface area (Å²) in [4.78, 5) is 25.9. The van der Waals surface area contributed by atoms with Gasteiger partial charge in [0.2, 0.25) is 0 Å². The van der Waals surface area contributed by atoms with Crippen LogP contribution in [0, 0.1) is 0 Å². The molecule has 1 heterocycles. The summed E-state index contributed by atoms with van der Waals surface area (Å²) in [7, 11) is 0.